The van der Waals surface area contributed by atoms with E-state index in [0.717, 1.165) is 9.88 Å². The average Bonchev–Trinajstić information content (AvgIpc) is 2.71. The number of aliphatic hydroxyl groups is 1. The van der Waals surface area contributed by atoms with Crippen molar-refractivity contribution in [3.63, 3.8) is 0 Å². The summed E-state index contributed by atoms with van der Waals surface area (Å²) in [5.74, 6) is -0.646. The van der Waals surface area contributed by atoms with E-state index >= 15 is 0 Å². The van der Waals surface area contributed by atoms with Crippen molar-refractivity contribution < 1.29 is 14.6 Å². The van der Waals surface area contributed by atoms with Crippen molar-refractivity contribution in [2.75, 3.05) is 13.7 Å². The van der Waals surface area contributed by atoms with Crippen LogP contribution in [0.5, 0.6) is 0 Å². The van der Waals surface area contributed by atoms with E-state index in [1.165, 1.54) is 14.0 Å². The highest BCUT2D eigenvalue weighted by molar-refractivity contribution is 7.11. The van der Waals surface area contributed by atoms with E-state index in [1.807, 2.05) is 13.8 Å². The Morgan fingerprint density at radius 2 is 2.41 bits per heavy atom. The molecule has 96 valence electrons. The van der Waals surface area contributed by atoms with Crippen LogP contribution in [0.1, 0.15) is 29.8 Å². The second-order valence-electron chi connectivity index (χ2n) is 4.18. The van der Waals surface area contributed by atoms with E-state index < -0.39 is 11.6 Å². The number of carbonyl (C=O) groups excluding carboxylic acids is 1. The lowest BCUT2D eigenvalue weighted by atomic mass is 10.1. The van der Waals surface area contributed by atoms with E-state index in [4.69, 9.17) is 0 Å². The molecule has 1 rings (SSSR count). The molecule has 2 N–H and O–H groups in total. The van der Waals surface area contributed by atoms with Gasteiger partial charge in [-0.15, -0.1) is 11.3 Å². The molecule has 1 heterocycles. The summed E-state index contributed by atoms with van der Waals surface area (Å²) in [6.45, 7) is 5.47. The van der Waals surface area contributed by atoms with Crippen LogP contribution in [0.25, 0.3) is 0 Å². The minimum absolute atomic E-state index is 0.00942. The molecule has 1 aromatic heterocycles. The summed E-state index contributed by atoms with van der Waals surface area (Å²) in [5, 5.41) is 13.8. The smallest absolute Gasteiger partial charge is 0.338 e. The topological polar surface area (TPSA) is 71.5 Å². The van der Waals surface area contributed by atoms with Gasteiger partial charge in [-0.2, -0.15) is 0 Å². The van der Waals surface area contributed by atoms with Crippen LogP contribution in [-0.2, 0) is 9.53 Å². The van der Waals surface area contributed by atoms with E-state index in [0.29, 0.717) is 0 Å². The Morgan fingerprint density at radius 3 is 2.88 bits per heavy atom. The van der Waals surface area contributed by atoms with Crippen LogP contribution >= 0.6 is 11.3 Å². The maximum Gasteiger partial charge on any atom is 0.338 e. The molecule has 0 saturated heterocycles. The Bertz CT molecular complexity index is 390. The number of methoxy groups -OCH3 is 1. The van der Waals surface area contributed by atoms with E-state index in [1.54, 1.807) is 17.5 Å². The molecule has 2 unspecified atom stereocenters. The van der Waals surface area contributed by atoms with Gasteiger partial charge in [0.2, 0.25) is 0 Å². The number of hydrogen-bond donors (Lipinski definition) is 2. The van der Waals surface area contributed by atoms with E-state index in [2.05, 4.69) is 15.0 Å². The molecular formula is C11H18N2O3S. The van der Waals surface area contributed by atoms with Gasteiger partial charge < -0.3 is 15.2 Å². The number of ether oxygens (including phenoxy) is 1. The van der Waals surface area contributed by atoms with Gasteiger partial charge in [-0.05, 0) is 20.8 Å². The molecule has 0 aromatic carbocycles. The van der Waals surface area contributed by atoms with Crippen LogP contribution in [0.4, 0.5) is 0 Å². The minimum atomic E-state index is -1.52. The monoisotopic (exact) mass is 258 g/mol. The third kappa shape index (κ3) is 3.76. The van der Waals surface area contributed by atoms with Gasteiger partial charge in [-0.25, -0.2) is 9.78 Å². The zero-order chi connectivity index (χ0) is 13.1. The number of hydrogen-bond acceptors (Lipinski definition) is 6. The standard InChI is InChI=1S/C11H18N2O3S/c1-7-5-12-9(17-7)8(2)13-6-11(3,15)10(14)16-4/h5,8,13,15H,6H2,1-4H3. The van der Waals surface area contributed by atoms with Crippen molar-refractivity contribution in [1.29, 1.82) is 0 Å². The Morgan fingerprint density at radius 1 is 1.76 bits per heavy atom. The van der Waals surface area contributed by atoms with Gasteiger partial charge >= 0.3 is 5.97 Å². The molecule has 0 radical (unpaired) electrons. The molecular weight excluding hydrogens is 240 g/mol. The number of rotatable bonds is 5. The highest BCUT2D eigenvalue weighted by Crippen LogP contribution is 2.19. The van der Waals surface area contributed by atoms with Crippen molar-refractivity contribution in [3.05, 3.63) is 16.1 Å². The van der Waals surface area contributed by atoms with Crippen LogP contribution in [0.3, 0.4) is 0 Å². The van der Waals surface area contributed by atoms with Gasteiger partial charge in [0.25, 0.3) is 0 Å². The molecule has 17 heavy (non-hydrogen) atoms. The Labute approximate surface area is 105 Å². The highest BCUT2D eigenvalue weighted by Gasteiger charge is 2.31. The fourth-order valence-corrected chi connectivity index (χ4v) is 2.10. The summed E-state index contributed by atoms with van der Waals surface area (Å²) in [6, 6.07) is -0.00942. The second kappa shape index (κ2) is 5.57. The first-order chi connectivity index (χ1) is 7.86. The van der Waals surface area contributed by atoms with Gasteiger partial charge in [-0.3, -0.25) is 0 Å². The number of aryl methyl sites for hydroxylation is 1. The first-order valence-electron chi connectivity index (χ1n) is 5.33. The third-order valence-corrected chi connectivity index (χ3v) is 3.48. The van der Waals surface area contributed by atoms with Gasteiger partial charge in [0.1, 0.15) is 5.01 Å². The largest absolute Gasteiger partial charge is 0.467 e. The molecule has 0 aliphatic carbocycles. The molecule has 1 aromatic rings. The third-order valence-electron chi connectivity index (χ3n) is 2.39. The normalized spacial score (nSPS) is 16.3. The second-order valence-corrected chi connectivity index (χ2v) is 5.44. The zero-order valence-corrected chi connectivity index (χ0v) is 11.3. The van der Waals surface area contributed by atoms with Crippen LogP contribution in [-0.4, -0.2) is 35.3 Å². The fourth-order valence-electron chi connectivity index (χ4n) is 1.30. The summed E-state index contributed by atoms with van der Waals surface area (Å²) in [4.78, 5) is 16.6. The highest BCUT2D eigenvalue weighted by atomic mass is 32.1. The summed E-state index contributed by atoms with van der Waals surface area (Å²) in [5.41, 5.74) is -1.52. The first kappa shape index (κ1) is 14.1. The average molecular weight is 258 g/mol. The van der Waals surface area contributed by atoms with E-state index in [-0.39, 0.29) is 12.6 Å². The quantitative estimate of drug-likeness (QED) is 0.772. The number of aromatic nitrogens is 1. The number of nitrogens with zero attached hydrogens (tertiary/aromatic N) is 1. The minimum Gasteiger partial charge on any atom is -0.467 e. The molecule has 2 atom stereocenters. The van der Waals surface area contributed by atoms with Crippen molar-refractivity contribution in [2.45, 2.75) is 32.4 Å². The maximum atomic E-state index is 11.3. The Balaban J connectivity index is 2.53. The molecule has 5 nitrogen and oxygen atoms in total. The van der Waals surface area contributed by atoms with Crippen molar-refractivity contribution >= 4 is 17.3 Å². The zero-order valence-electron chi connectivity index (χ0n) is 10.5. The van der Waals surface area contributed by atoms with E-state index in [9.17, 15) is 9.90 Å². The molecule has 0 bridgehead atoms. The number of nitrogens with one attached hydrogen (secondary N) is 1. The summed E-state index contributed by atoms with van der Waals surface area (Å²) in [7, 11) is 1.25. The van der Waals surface area contributed by atoms with Crippen molar-refractivity contribution in [3.8, 4) is 0 Å². The number of esters is 1. The van der Waals surface area contributed by atoms with Crippen LogP contribution in [0, 0.1) is 6.92 Å². The lowest BCUT2D eigenvalue weighted by Crippen LogP contribution is -2.46. The Kier molecular flexibility index (Phi) is 4.62. The predicted octanol–water partition coefficient (Wildman–Crippen LogP) is 1.03. The van der Waals surface area contributed by atoms with Gasteiger partial charge in [-0.1, -0.05) is 0 Å². The SMILES string of the molecule is COC(=O)C(C)(O)CNC(C)c1ncc(C)s1. The molecule has 0 spiro atoms. The van der Waals surface area contributed by atoms with Crippen molar-refractivity contribution in [1.82, 2.24) is 10.3 Å². The van der Waals surface area contributed by atoms with Crippen molar-refractivity contribution in [2.24, 2.45) is 0 Å². The maximum absolute atomic E-state index is 11.3. The van der Waals surface area contributed by atoms with Crippen LogP contribution in [0.15, 0.2) is 6.20 Å². The number of carbonyl (C=O) groups is 1. The van der Waals surface area contributed by atoms with Crippen LogP contribution in [0.2, 0.25) is 0 Å². The predicted molar refractivity (Wildman–Crippen MR) is 65.9 cm³/mol. The van der Waals surface area contributed by atoms with Gasteiger partial charge in [0.15, 0.2) is 5.60 Å². The Hall–Kier alpha value is -0.980. The lowest BCUT2D eigenvalue weighted by Gasteiger charge is -2.22. The summed E-state index contributed by atoms with van der Waals surface area (Å²) < 4.78 is 4.52. The molecule has 0 fully saturated rings. The number of thiazole rings is 1. The molecule has 0 aliphatic rings. The summed E-state index contributed by atoms with van der Waals surface area (Å²) in [6.07, 6.45) is 1.80. The fraction of sp³-hybridized carbons (Fsp3) is 0.636. The molecule has 0 aliphatic heterocycles. The van der Waals surface area contributed by atoms with Gasteiger partial charge in [0, 0.05) is 17.6 Å². The van der Waals surface area contributed by atoms with Gasteiger partial charge in [0.05, 0.1) is 13.2 Å². The first-order valence-corrected chi connectivity index (χ1v) is 6.15. The van der Waals surface area contributed by atoms with Crippen LogP contribution < -0.4 is 5.32 Å². The molecule has 6 heteroatoms. The molecule has 0 amide bonds. The summed E-state index contributed by atoms with van der Waals surface area (Å²) >= 11 is 1.59. The molecule has 0 saturated carbocycles. The lowest BCUT2D eigenvalue weighted by molar-refractivity contribution is -0.160.